The Kier molecular flexibility index (Phi) is 4.81. The Balaban J connectivity index is 1.42. The molecule has 2 amide bonds. The molecule has 0 unspecified atom stereocenters. The number of benzene rings is 1. The Hall–Kier alpha value is -2.86. The zero-order chi connectivity index (χ0) is 19.8. The van der Waals surface area contributed by atoms with E-state index < -0.39 is 0 Å². The summed E-state index contributed by atoms with van der Waals surface area (Å²) in [6, 6.07) is 9.49. The summed E-state index contributed by atoms with van der Waals surface area (Å²) in [5.41, 5.74) is 4.60. The molecular weight excluding hydrogens is 376 g/mol. The van der Waals surface area contributed by atoms with Crippen LogP contribution in [0.15, 0.2) is 42.7 Å². The average molecular weight is 397 g/mol. The molecule has 1 aliphatic rings. The van der Waals surface area contributed by atoms with Crippen molar-refractivity contribution in [3.05, 3.63) is 64.6 Å². The van der Waals surface area contributed by atoms with Crippen molar-refractivity contribution >= 4 is 34.7 Å². The van der Waals surface area contributed by atoms with Crippen LogP contribution in [-0.4, -0.2) is 27.7 Å². The predicted molar refractivity (Wildman–Crippen MR) is 108 cm³/mol. The molecule has 1 aliphatic heterocycles. The molecule has 3 heterocycles. The van der Waals surface area contributed by atoms with Crippen LogP contribution in [0, 0.1) is 19.8 Å². The number of hydrogen-bond donors (Lipinski definition) is 1. The van der Waals surface area contributed by atoms with Gasteiger partial charge in [-0.3, -0.25) is 9.59 Å². The normalized spacial score (nSPS) is 16.8. The summed E-state index contributed by atoms with van der Waals surface area (Å²) < 4.78 is 1.82. The zero-order valence-corrected chi connectivity index (χ0v) is 16.5. The Bertz CT molecular complexity index is 1080. The molecule has 0 spiro atoms. The van der Waals surface area contributed by atoms with Gasteiger partial charge in [0.2, 0.25) is 11.8 Å². The molecule has 2 aromatic heterocycles. The maximum Gasteiger partial charge on any atom is 0.227 e. The van der Waals surface area contributed by atoms with Gasteiger partial charge < -0.3 is 14.6 Å². The summed E-state index contributed by atoms with van der Waals surface area (Å²) in [6.45, 7) is 4.73. The summed E-state index contributed by atoms with van der Waals surface area (Å²) in [5.74, 6) is -0.508. The van der Waals surface area contributed by atoms with Crippen LogP contribution in [0.3, 0.4) is 0 Å². The highest BCUT2D eigenvalue weighted by molar-refractivity contribution is 6.30. The fourth-order valence-electron chi connectivity index (χ4n) is 3.57. The number of fused-ring (bicyclic) bond motifs is 1. The molecule has 7 heteroatoms. The summed E-state index contributed by atoms with van der Waals surface area (Å²) in [7, 11) is 0. The second-order valence-electron chi connectivity index (χ2n) is 7.19. The number of carbonyl (C=O) groups excluding carboxylic acids is 2. The number of nitrogens with one attached hydrogen (secondary N) is 1. The first kappa shape index (κ1) is 18.5. The molecule has 0 radical (unpaired) electrons. The van der Waals surface area contributed by atoms with Gasteiger partial charge in [0.25, 0.3) is 0 Å². The van der Waals surface area contributed by atoms with E-state index in [1.54, 1.807) is 17.2 Å². The molecule has 3 aromatic rings. The van der Waals surface area contributed by atoms with Crippen LogP contribution in [-0.2, 0) is 16.1 Å². The highest BCUT2D eigenvalue weighted by Crippen LogP contribution is 2.29. The third-order valence-corrected chi connectivity index (χ3v) is 5.49. The smallest absolute Gasteiger partial charge is 0.227 e. The van der Waals surface area contributed by atoms with E-state index in [1.165, 1.54) is 0 Å². The van der Waals surface area contributed by atoms with Crippen LogP contribution < -0.4 is 10.2 Å². The van der Waals surface area contributed by atoms with Gasteiger partial charge in [0.1, 0.15) is 5.65 Å². The standard InChI is InChI=1S/C21H21ClN4O2/c1-13-4-3-5-18(14(13)2)26-10-15(8-20(26)27)21(28)23-9-17-12-25-11-16(22)6-7-19(25)24-17/h3-7,11-12,15H,8-10H2,1-2H3,(H,23,28)/t15-/m0/s1. The molecule has 0 aliphatic carbocycles. The Morgan fingerprint density at radius 3 is 2.89 bits per heavy atom. The number of hydrogen-bond acceptors (Lipinski definition) is 3. The molecule has 4 rings (SSSR count). The number of aromatic nitrogens is 2. The Morgan fingerprint density at radius 2 is 2.07 bits per heavy atom. The molecule has 28 heavy (non-hydrogen) atoms. The number of anilines is 1. The van der Waals surface area contributed by atoms with Gasteiger partial charge in [-0.25, -0.2) is 4.98 Å². The van der Waals surface area contributed by atoms with Crippen LogP contribution in [0.4, 0.5) is 5.69 Å². The van der Waals surface area contributed by atoms with E-state index in [9.17, 15) is 9.59 Å². The zero-order valence-electron chi connectivity index (χ0n) is 15.8. The van der Waals surface area contributed by atoms with E-state index in [1.807, 2.05) is 48.7 Å². The van der Waals surface area contributed by atoms with Crippen LogP contribution in [0.1, 0.15) is 23.2 Å². The highest BCUT2D eigenvalue weighted by Gasteiger charge is 2.35. The second-order valence-corrected chi connectivity index (χ2v) is 7.62. The van der Waals surface area contributed by atoms with Gasteiger partial charge in [0, 0.05) is 31.0 Å². The maximum atomic E-state index is 12.6. The summed E-state index contributed by atoms with van der Waals surface area (Å²) >= 11 is 5.99. The van der Waals surface area contributed by atoms with Gasteiger partial charge in [-0.15, -0.1) is 0 Å². The van der Waals surface area contributed by atoms with Crippen molar-refractivity contribution < 1.29 is 9.59 Å². The Labute approximate surface area is 168 Å². The van der Waals surface area contributed by atoms with Crippen LogP contribution in [0.25, 0.3) is 5.65 Å². The molecular formula is C21H21ClN4O2. The topological polar surface area (TPSA) is 66.7 Å². The van der Waals surface area contributed by atoms with Gasteiger partial charge in [-0.1, -0.05) is 23.7 Å². The molecule has 0 bridgehead atoms. The average Bonchev–Trinajstić information content (AvgIpc) is 3.25. The van der Waals surface area contributed by atoms with Gasteiger partial charge in [0.05, 0.1) is 23.2 Å². The van der Waals surface area contributed by atoms with Crippen LogP contribution >= 0.6 is 11.6 Å². The van der Waals surface area contributed by atoms with Crippen molar-refractivity contribution in [3.8, 4) is 0 Å². The third kappa shape index (κ3) is 3.47. The van der Waals surface area contributed by atoms with Crippen molar-refractivity contribution in [2.24, 2.45) is 5.92 Å². The lowest BCUT2D eigenvalue weighted by atomic mass is 10.1. The third-order valence-electron chi connectivity index (χ3n) is 5.27. The fraction of sp³-hybridized carbons (Fsp3) is 0.286. The summed E-state index contributed by atoms with van der Waals surface area (Å²) in [5, 5.41) is 3.53. The van der Waals surface area contributed by atoms with Crippen LogP contribution in [0.2, 0.25) is 5.02 Å². The fourth-order valence-corrected chi connectivity index (χ4v) is 3.74. The minimum Gasteiger partial charge on any atom is -0.350 e. The quantitative estimate of drug-likeness (QED) is 0.736. The monoisotopic (exact) mass is 396 g/mol. The van der Waals surface area contributed by atoms with Gasteiger partial charge in [-0.2, -0.15) is 0 Å². The summed E-state index contributed by atoms with van der Waals surface area (Å²) in [6.07, 6.45) is 3.83. The lowest BCUT2D eigenvalue weighted by Gasteiger charge is -2.20. The minimum atomic E-state index is -0.362. The number of nitrogens with zero attached hydrogens (tertiary/aromatic N) is 3. The highest BCUT2D eigenvalue weighted by atomic mass is 35.5. The first-order chi connectivity index (χ1) is 13.4. The van der Waals surface area contributed by atoms with E-state index in [2.05, 4.69) is 10.3 Å². The van der Waals surface area contributed by atoms with Crippen LogP contribution in [0.5, 0.6) is 0 Å². The maximum absolute atomic E-state index is 12.6. The molecule has 0 saturated carbocycles. The largest absolute Gasteiger partial charge is 0.350 e. The van der Waals surface area contributed by atoms with Gasteiger partial charge >= 0.3 is 0 Å². The Morgan fingerprint density at radius 1 is 1.25 bits per heavy atom. The summed E-state index contributed by atoms with van der Waals surface area (Å²) in [4.78, 5) is 31.3. The lowest BCUT2D eigenvalue weighted by Crippen LogP contribution is -2.32. The van der Waals surface area contributed by atoms with Crippen molar-refractivity contribution in [2.75, 3.05) is 11.4 Å². The first-order valence-corrected chi connectivity index (χ1v) is 9.57. The van der Waals surface area contributed by atoms with E-state index >= 15 is 0 Å². The number of aryl methyl sites for hydroxylation is 1. The number of carbonyl (C=O) groups is 2. The molecule has 1 N–H and O–H groups in total. The van der Waals surface area contributed by atoms with E-state index in [0.29, 0.717) is 18.1 Å². The number of amides is 2. The lowest BCUT2D eigenvalue weighted by molar-refractivity contribution is -0.126. The number of rotatable bonds is 4. The van der Waals surface area contributed by atoms with Crippen molar-refractivity contribution in [1.82, 2.24) is 14.7 Å². The first-order valence-electron chi connectivity index (χ1n) is 9.20. The SMILES string of the molecule is Cc1cccc(N2C[C@@H](C(=O)NCc3cn4cc(Cl)ccc4n3)CC2=O)c1C. The number of imidazole rings is 1. The van der Waals surface area contributed by atoms with Gasteiger partial charge in [-0.05, 0) is 43.2 Å². The van der Waals surface area contributed by atoms with Gasteiger partial charge in [0.15, 0.2) is 0 Å². The molecule has 1 aromatic carbocycles. The molecule has 1 saturated heterocycles. The predicted octanol–water partition coefficient (Wildman–Crippen LogP) is 3.27. The molecule has 144 valence electrons. The van der Waals surface area contributed by atoms with Crippen molar-refractivity contribution in [3.63, 3.8) is 0 Å². The molecule has 1 fully saturated rings. The second kappa shape index (κ2) is 7.28. The van der Waals surface area contributed by atoms with E-state index in [4.69, 9.17) is 11.6 Å². The minimum absolute atomic E-state index is 0.0174. The number of pyridine rings is 1. The van der Waals surface area contributed by atoms with Crippen molar-refractivity contribution in [1.29, 1.82) is 0 Å². The van der Waals surface area contributed by atoms with E-state index in [0.717, 1.165) is 28.2 Å². The van der Waals surface area contributed by atoms with E-state index in [-0.39, 0.29) is 24.2 Å². The molecule has 1 atom stereocenters. The van der Waals surface area contributed by atoms with Crippen molar-refractivity contribution in [2.45, 2.75) is 26.8 Å². The molecule has 6 nitrogen and oxygen atoms in total. The number of halogens is 1.